The molecule has 0 aromatic heterocycles. The lowest BCUT2D eigenvalue weighted by atomic mass is 9.47. The maximum atomic E-state index is 12.9. The minimum atomic E-state index is -3.13. The zero-order valence-corrected chi connectivity index (χ0v) is 17.1. The van der Waals surface area contributed by atoms with Crippen LogP contribution in [0.3, 0.4) is 0 Å². The van der Waals surface area contributed by atoms with Gasteiger partial charge in [0.05, 0.1) is 6.26 Å². The summed E-state index contributed by atoms with van der Waals surface area (Å²) in [5.41, 5.74) is 0.340. The van der Waals surface area contributed by atoms with Gasteiger partial charge < -0.3 is 5.32 Å². The highest BCUT2D eigenvalue weighted by molar-refractivity contribution is 7.88. The fraction of sp³-hybridized carbons (Fsp3) is 0.950. The first-order valence-electron chi connectivity index (χ1n) is 10.5. The molecule has 1 atom stereocenters. The summed E-state index contributed by atoms with van der Waals surface area (Å²) in [6.07, 6.45) is 11.8. The Hall–Kier alpha value is -0.620. The van der Waals surface area contributed by atoms with Crippen LogP contribution in [0.4, 0.5) is 0 Å². The first-order valence-corrected chi connectivity index (χ1v) is 12.4. The molecule has 5 aliphatic rings. The molecule has 5 rings (SSSR count). The van der Waals surface area contributed by atoms with E-state index in [2.05, 4.69) is 12.2 Å². The van der Waals surface area contributed by atoms with Crippen molar-refractivity contribution in [3.8, 4) is 0 Å². The van der Waals surface area contributed by atoms with E-state index >= 15 is 0 Å². The Balaban J connectivity index is 1.39. The highest BCUT2D eigenvalue weighted by Crippen LogP contribution is 2.61. The van der Waals surface area contributed by atoms with E-state index in [1.165, 1.54) is 49.1 Å². The molecule has 1 aliphatic heterocycles. The zero-order chi connectivity index (χ0) is 18.5. The quantitative estimate of drug-likeness (QED) is 0.795. The van der Waals surface area contributed by atoms with Gasteiger partial charge in [-0.1, -0.05) is 6.92 Å². The van der Waals surface area contributed by atoms with Crippen LogP contribution in [0.25, 0.3) is 0 Å². The number of hydrogen-bond acceptors (Lipinski definition) is 3. The monoisotopic (exact) mass is 382 g/mol. The third-order valence-electron chi connectivity index (χ3n) is 7.84. The molecular formula is C20H34N2O3S. The summed E-state index contributed by atoms with van der Waals surface area (Å²) in [7, 11) is -3.13. The maximum absolute atomic E-state index is 12.9. The summed E-state index contributed by atoms with van der Waals surface area (Å²) in [4.78, 5) is 12.9. The molecule has 4 bridgehead atoms. The Morgan fingerprint density at radius 2 is 1.58 bits per heavy atom. The first kappa shape index (κ1) is 18.7. The lowest BCUT2D eigenvalue weighted by Crippen LogP contribution is -2.57. The summed E-state index contributed by atoms with van der Waals surface area (Å²) in [5.74, 6) is 2.82. The number of carbonyl (C=O) groups excluding carboxylic acids is 1. The van der Waals surface area contributed by atoms with Gasteiger partial charge in [0.15, 0.2) is 0 Å². The summed E-state index contributed by atoms with van der Waals surface area (Å²) in [5, 5.41) is 3.44. The van der Waals surface area contributed by atoms with Gasteiger partial charge >= 0.3 is 0 Å². The van der Waals surface area contributed by atoms with E-state index in [4.69, 9.17) is 0 Å². The van der Waals surface area contributed by atoms with Gasteiger partial charge in [-0.05, 0) is 81.0 Å². The summed E-state index contributed by atoms with van der Waals surface area (Å²) in [6.45, 7) is 3.17. The van der Waals surface area contributed by atoms with Crippen LogP contribution in [0.5, 0.6) is 0 Å². The molecule has 4 aliphatic carbocycles. The predicted octanol–water partition coefficient (Wildman–Crippen LogP) is 2.77. The number of sulfonamides is 1. The van der Waals surface area contributed by atoms with E-state index in [9.17, 15) is 13.2 Å². The van der Waals surface area contributed by atoms with Crippen molar-refractivity contribution in [2.24, 2.45) is 29.1 Å². The van der Waals surface area contributed by atoms with Crippen molar-refractivity contribution in [2.45, 2.75) is 70.8 Å². The molecule has 0 aromatic carbocycles. The molecule has 1 saturated heterocycles. The Labute approximate surface area is 158 Å². The highest BCUT2D eigenvalue weighted by Gasteiger charge is 2.54. The Kier molecular flexibility index (Phi) is 4.87. The van der Waals surface area contributed by atoms with Gasteiger partial charge in [0.1, 0.15) is 0 Å². The van der Waals surface area contributed by atoms with Crippen LogP contribution in [0.1, 0.15) is 64.7 Å². The normalized spacial score (nSPS) is 39.1. The van der Waals surface area contributed by atoms with Crippen molar-refractivity contribution in [1.29, 1.82) is 0 Å². The molecule has 0 aromatic rings. The van der Waals surface area contributed by atoms with E-state index in [0.29, 0.717) is 37.4 Å². The molecular weight excluding hydrogens is 348 g/mol. The molecule has 0 radical (unpaired) electrons. The zero-order valence-electron chi connectivity index (χ0n) is 16.2. The van der Waals surface area contributed by atoms with Crippen LogP contribution in [0.2, 0.25) is 0 Å². The lowest BCUT2D eigenvalue weighted by Gasteiger charge is -2.59. The van der Waals surface area contributed by atoms with Crippen molar-refractivity contribution in [3.63, 3.8) is 0 Å². The Morgan fingerprint density at radius 1 is 1.08 bits per heavy atom. The van der Waals surface area contributed by atoms with Crippen LogP contribution in [-0.4, -0.2) is 44.0 Å². The maximum Gasteiger partial charge on any atom is 0.223 e. The summed E-state index contributed by atoms with van der Waals surface area (Å²) < 4.78 is 24.9. The van der Waals surface area contributed by atoms with Gasteiger partial charge in [-0.15, -0.1) is 0 Å². The SMILES string of the molecule is CC[C@@H](NC(=O)C1CCN(S(C)(=O)=O)CC1)C12CC3CC(CC(C3)C1)C2. The molecule has 1 heterocycles. The molecule has 6 heteroatoms. The van der Waals surface area contributed by atoms with E-state index in [1.807, 2.05) is 0 Å². The second-order valence-electron chi connectivity index (χ2n) is 9.69. The topological polar surface area (TPSA) is 66.5 Å². The van der Waals surface area contributed by atoms with E-state index < -0.39 is 10.0 Å². The fourth-order valence-electron chi connectivity index (χ4n) is 7.03. The molecule has 5 fully saturated rings. The van der Waals surface area contributed by atoms with Crippen molar-refractivity contribution >= 4 is 15.9 Å². The molecule has 1 N–H and O–H groups in total. The van der Waals surface area contributed by atoms with E-state index in [1.54, 1.807) is 0 Å². The van der Waals surface area contributed by atoms with Gasteiger partial charge in [-0.2, -0.15) is 0 Å². The van der Waals surface area contributed by atoms with Crippen molar-refractivity contribution in [3.05, 3.63) is 0 Å². The molecule has 5 nitrogen and oxygen atoms in total. The van der Waals surface area contributed by atoms with Gasteiger partial charge in [0.2, 0.25) is 15.9 Å². The smallest absolute Gasteiger partial charge is 0.223 e. The fourth-order valence-corrected chi connectivity index (χ4v) is 7.91. The average Bonchev–Trinajstić information content (AvgIpc) is 2.57. The van der Waals surface area contributed by atoms with Crippen LogP contribution in [-0.2, 0) is 14.8 Å². The van der Waals surface area contributed by atoms with Crippen molar-refractivity contribution in [2.75, 3.05) is 19.3 Å². The second kappa shape index (κ2) is 6.77. The standard InChI is InChI=1S/C20H34N2O3S/c1-3-18(20-11-14-8-15(12-20)10-16(9-14)13-20)21-19(23)17-4-6-22(7-5-17)26(2,24)25/h14-18H,3-13H2,1-2H3,(H,21,23)/t14?,15?,16?,18-,20?/m1/s1. The molecule has 1 amide bonds. The number of nitrogens with one attached hydrogen (secondary N) is 1. The minimum absolute atomic E-state index is 0.0315. The number of amides is 1. The molecule has 4 saturated carbocycles. The molecule has 148 valence electrons. The van der Waals surface area contributed by atoms with Crippen molar-refractivity contribution < 1.29 is 13.2 Å². The average molecular weight is 383 g/mol. The highest BCUT2D eigenvalue weighted by atomic mass is 32.2. The lowest BCUT2D eigenvalue weighted by molar-refractivity contribution is -0.131. The number of rotatable bonds is 5. The van der Waals surface area contributed by atoms with Crippen LogP contribution in [0.15, 0.2) is 0 Å². The second-order valence-corrected chi connectivity index (χ2v) is 11.7. The van der Waals surface area contributed by atoms with E-state index in [-0.39, 0.29) is 11.8 Å². The van der Waals surface area contributed by atoms with Crippen LogP contribution >= 0.6 is 0 Å². The number of piperidine rings is 1. The number of carbonyl (C=O) groups is 1. The largest absolute Gasteiger partial charge is 0.353 e. The first-order chi connectivity index (χ1) is 12.3. The Morgan fingerprint density at radius 3 is 2.00 bits per heavy atom. The minimum Gasteiger partial charge on any atom is -0.353 e. The molecule has 0 unspecified atom stereocenters. The van der Waals surface area contributed by atoms with Gasteiger partial charge in [-0.25, -0.2) is 12.7 Å². The third kappa shape index (κ3) is 3.44. The number of nitrogens with zero attached hydrogens (tertiary/aromatic N) is 1. The van der Waals surface area contributed by atoms with E-state index in [0.717, 1.165) is 24.2 Å². The van der Waals surface area contributed by atoms with Gasteiger partial charge in [-0.3, -0.25) is 4.79 Å². The predicted molar refractivity (Wildman–Crippen MR) is 102 cm³/mol. The molecule has 26 heavy (non-hydrogen) atoms. The third-order valence-corrected chi connectivity index (χ3v) is 9.15. The van der Waals surface area contributed by atoms with Gasteiger partial charge in [0.25, 0.3) is 0 Å². The summed E-state index contributed by atoms with van der Waals surface area (Å²) >= 11 is 0. The van der Waals surface area contributed by atoms with Crippen LogP contribution < -0.4 is 5.32 Å². The number of hydrogen-bond donors (Lipinski definition) is 1. The summed E-state index contributed by atoms with van der Waals surface area (Å²) in [6, 6.07) is 0.302. The molecule has 0 spiro atoms. The van der Waals surface area contributed by atoms with Crippen molar-refractivity contribution in [1.82, 2.24) is 9.62 Å². The van der Waals surface area contributed by atoms with Gasteiger partial charge in [0, 0.05) is 25.0 Å². The Bertz CT molecular complexity index is 617. The van der Waals surface area contributed by atoms with Crippen LogP contribution in [0, 0.1) is 29.1 Å².